The van der Waals surface area contributed by atoms with Crippen LogP contribution in [0.4, 0.5) is 0 Å². The number of likely N-dealkylation sites (tertiary alicyclic amines) is 1. The summed E-state index contributed by atoms with van der Waals surface area (Å²) in [5, 5.41) is 0. The molecule has 0 bridgehead atoms. The first-order valence-corrected chi connectivity index (χ1v) is 5.28. The maximum absolute atomic E-state index is 12.0. The third kappa shape index (κ3) is 2.27. The van der Waals surface area contributed by atoms with Crippen molar-refractivity contribution < 1.29 is 4.79 Å². The van der Waals surface area contributed by atoms with E-state index in [2.05, 4.69) is 6.92 Å². The predicted molar refractivity (Wildman–Crippen MR) is 57.8 cm³/mol. The summed E-state index contributed by atoms with van der Waals surface area (Å²) in [6, 6.07) is 0. The summed E-state index contributed by atoms with van der Waals surface area (Å²) in [4.78, 5) is 13.9. The van der Waals surface area contributed by atoms with Crippen LogP contribution in [0.5, 0.6) is 0 Å². The molecule has 1 heterocycles. The van der Waals surface area contributed by atoms with Gasteiger partial charge in [0.05, 0.1) is 0 Å². The van der Waals surface area contributed by atoms with Gasteiger partial charge in [-0.3, -0.25) is 4.79 Å². The number of nitrogens with zero attached hydrogens (tertiary/aromatic N) is 1. The largest absolute Gasteiger partial charge is 0.342 e. The lowest BCUT2D eigenvalue weighted by atomic mass is 9.90. The zero-order chi connectivity index (χ0) is 11.0. The van der Waals surface area contributed by atoms with E-state index in [0.717, 1.165) is 19.5 Å². The minimum absolute atomic E-state index is 0.140. The minimum Gasteiger partial charge on any atom is -0.342 e. The first kappa shape index (κ1) is 11.5. The molecule has 1 unspecified atom stereocenters. The fraction of sp³-hybridized carbons (Fsp3) is 0.909. The molecule has 0 spiro atoms. The highest BCUT2D eigenvalue weighted by atomic mass is 16.2. The highest BCUT2D eigenvalue weighted by Gasteiger charge is 2.38. The van der Waals surface area contributed by atoms with Crippen molar-refractivity contribution >= 4 is 5.91 Å². The number of rotatable bonds is 1. The van der Waals surface area contributed by atoms with E-state index in [0.29, 0.717) is 6.54 Å². The Morgan fingerprint density at radius 1 is 1.50 bits per heavy atom. The predicted octanol–water partition coefficient (Wildman–Crippen LogP) is 1.23. The SMILES string of the molecule is CC1(CN)CCN(C(=O)C(C)(C)C)C1. The molecule has 1 rings (SSSR count). The van der Waals surface area contributed by atoms with Crippen molar-refractivity contribution in [3.8, 4) is 0 Å². The van der Waals surface area contributed by atoms with Gasteiger partial charge >= 0.3 is 0 Å². The average Bonchev–Trinajstić information content (AvgIpc) is 2.46. The van der Waals surface area contributed by atoms with Crippen LogP contribution in [-0.4, -0.2) is 30.4 Å². The van der Waals surface area contributed by atoms with Gasteiger partial charge in [0.25, 0.3) is 0 Å². The third-order valence-electron chi connectivity index (χ3n) is 2.98. The third-order valence-corrected chi connectivity index (χ3v) is 2.98. The monoisotopic (exact) mass is 198 g/mol. The number of hydrogen-bond donors (Lipinski definition) is 1. The molecule has 14 heavy (non-hydrogen) atoms. The van der Waals surface area contributed by atoms with Crippen molar-refractivity contribution in [3.63, 3.8) is 0 Å². The molecule has 1 saturated heterocycles. The van der Waals surface area contributed by atoms with Crippen LogP contribution in [0.1, 0.15) is 34.1 Å². The van der Waals surface area contributed by atoms with Crippen molar-refractivity contribution in [2.24, 2.45) is 16.6 Å². The second-order valence-corrected chi connectivity index (χ2v) is 5.74. The van der Waals surface area contributed by atoms with Crippen molar-refractivity contribution in [1.82, 2.24) is 4.90 Å². The van der Waals surface area contributed by atoms with Crippen LogP contribution >= 0.6 is 0 Å². The Kier molecular flexibility index (Phi) is 2.91. The van der Waals surface area contributed by atoms with Crippen LogP contribution in [0.25, 0.3) is 0 Å². The van der Waals surface area contributed by atoms with Crippen LogP contribution < -0.4 is 5.73 Å². The van der Waals surface area contributed by atoms with E-state index >= 15 is 0 Å². The lowest BCUT2D eigenvalue weighted by Gasteiger charge is -2.27. The van der Waals surface area contributed by atoms with Crippen molar-refractivity contribution in [2.75, 3.05) is 19.6 Å². The first-order chi connectivity index (χ1) is 6.28. The molecule has 0 aromatic rings. The molecular formula is C11H22N2O. The fourth-order valence-corrected chi connectivity index (χ4v) is 1.84. The second kappa shape index (κ2) is 3.54. The molecule has 0 aliphatic carbocycles. The molecule has 2 N–H and O–H groups in total. The molecule has 0 saturated carbocycles. The highest BCUT2D eigenvalue weighted by Crippen LogP contribution is 2.31. The maximum Gasteiger partial charge on any atom is 0.227 e. The second-order valence-electron chi connectivity index (χ2n) is 5.74. The summed E-state index contributed by atoms with van der Waals surface area (Å²) < 4.78 is 0. The maximum atomic E-state index is 12.0. The number of nitrogens with two attached hydrogens (primary N) is 1. The van der Waals surface area contributed by atoms with Crippen LogP contribution in [-0.2, 0) is 4.79 Å². The molecule has 3 heteroatoms. The van der Waals surface area contributed by atoms with Crippen LogP contribution in [0.2, 0.25) is 0 Å². The van der Waals surface area contributed by atoms with E-state index in [-0.39, 0.29) is 16.7 Å². The van der Waals surface area contributed by atoms with E-state index in [1.807, 2.05) is 25.7 Å². The van der Waals surface area contributed by atoms with Crippen LogP contribution in [0.15, 0.2) is 0 Å². The molecule has 0 aromatic heterocycles. The summed E-state index contributed by atoms with van der Waals surface area (Å²) in [6.07, 6.45) is 1.03. The fourth-order valence-electron chi connectivity index (χ4n) is 1.84. The molecule has 1 atom stereocenters. The summed E-state index contributed by atoms with van der Waals surface area (Å²) >= 11 is 0. The van der Waals surface area contributed by atoms with Crippen molar-refractivity contribution in [3.05, 3.63) is 0 Å². The van der Waals surface area contributed by atoms with Gasteiger partial charge in [-0.2, -0.15) is 0 Å². The van der Waals surface area contributed by atoms with E-state index in [1.165, 1.54) is 0 Å². The molecule has 82 valence electrons. The molecule has 0 radical (unpaired) electrons. The van der Waals surface area contributed by atoms with Gasteiger partial charge in [0.1, 0.15) is 0 Å². The molecule has 1 aliphatic rings. The van der Waals surface area contributed by atoms with Gasteiger partial charge in [0, 0.05) is 18.5 Å². The van der Waals surface area contributed by atoms with Gasteiger partial charge < -0.3 is 10.6 Å². The minimum atomic E-state index is -0.264. The van der Waals surface area contributed by atoms with E-state index < -0.39 is 0 Å². The number of amides is 1. The topological polar surface area (TPSA) is 46.3 Å². The molecule has 0 aromatic carbocycles. The van der Waals surface area contributed by atoms with Gasteiger partial charge in [-0.1, -0.05) is 27.7 Å². The standard InChI is InChI=1S/C11H22N2O/c1-10(2,3)9(14)13-6-5-11(4,7-12)8-13/h5-8,12H2,1-4H3. The lowest BCUT2D eigenvalue weighted by molar-refractivity contribution is -0.138. The Morgan fingerprint density at radius 2 is 2.07 bits per heavy atom. The van der Waals surface area contributed by atoms with Crippen molar-refractivity contribution in [1.29, 1.82) is 0 Å². The number of carbonyl (C=O) groups is 1. The van der Waals surface area contributed by atoms with Gasteiger partial charge in [0.2, 0.25) is 5.91 Å². The summed E-state index contributed by atoms with van der Waals surface area (Å²) in [5.41, 5.74) is 5.58. The smallest absolute Gasteiger partial charge is 0.227 e. The van der Waals surface area contributed by atoms with Gasteiger partial charge in [0.15, 0.2) is 0 Å². The van der Waals surface area contributed by atoms with Crippen molar-refractivity contribution in [2.45, 2.75) is 34.1 Å². The highest BCUT2D eigenvalue weighted by molar-refractivity contribution is 5.81. The molecular weight excluding hydrogens is 176 g/mol. The summed E-state index contributed by atoms with van der Waals surface area (Å²) in [6.45, 7) is 10.4. The Bertz CT molecular complexity index is 232. The zero-order valence-corrected chi connectivity index (χ0v) is 9.76. The normalized spacial score (nSPS) is 28.2. The Labute approximate surface area is 86.6 Å². The zero-order valence-electron chi connectivity index (χ0n) is 9.76. The summed E-state index contributed by atoms with van der Waals surface area (Å²) in [5.74, 6) is 0.245. The number of carbonyl (C=O) groups excluding carboxylic acids is 1. The Balaban J connectivity index is 2.63. The van der Waals surface area contributed by atoms with Gasteiger partial charge in [-0.15, -0.1) is 0 Å². The molecule has 1 amide bonds. The molecule has 1 fully saturated rings. The van der Waals surface area contributed by atoms with Crippen LogP contribution in [0, 0.1) is 10.8 Å². The Morgan fingerprint density at radius 3 is 2.43 bits per heavy atom. The van der Waals surface area contributed by atoms with E-state index in [1.54, 1.807) is 0 Å². The quantitative estimate of drug-likeness (QED) is 0.689. The van der Waals surface area contributed by atoms with Crippen LogP contribution in [0.3, 0.4) is 0 Å². The van der Waals surface area contributed by atoms with Gasteiger partial charge in [-0.05, 0) is 18.4 Å². The molecule has 3 nitrogen and oxygen atoms in total. The van der Waals surface area contributed by atoms with E-state index in [9.17, 15) is 4.79 Å². The summed E-state index contributed by atoms with van der Waals surface area (Å²) in [7, 11) is 0. The van der Waals surface area contributed by atoms with E-state index in [4.69, 9.17) is 5.73 Å². The lowest BCUT2D eigenvalue weighted by Crippen LogP contribution is -2.40. The molecule has 1 aliphatic heterocycles. The first-order valence-electron chi connectivity index (χ1n) is 5.28. The average molecular weight is 198 g/mol. The number of hydrogen-bond acceptors (Lipinski definition) is 2. The Hall–Kier alpha value is -0.570. The van der Waals surface area contributed by atoms with Gasteiger partial charge in [-0.25, -0.2) is 0 Å².